The quantitative estimate of drug-likeness (QED) is 0.596. The molecule has 94 valence electrons. The molecular formula is C16H11Cl2N. The second kappa shape index (κ2) is 4.76. The highest BCUT2D eigenvalue weighted by atomic mass is 35.5. The van der Waals surface area contributed by atoms with Gasteiger partial charge in [-0.1, -0.05) is 59.6 Å². The largest absolute Gasteiger partial charge is 0.398 e. The number of nitrogen functional groups attached to an aromatic ring is 1. The molecule has 0 aliphatic heterocycles. The van der Waals surface area contributed by atoms with Gasteiger partial charge in [-0.05, 0) is 34.7 Å². The Morgan fingerprint density at radius 3 is 2.21 bits per heavy atom. The molecule has 0 aliphatic rings. The zero-order valence-corrected chi connectivity index (χ0v) is 11.5. The predicted molar refractivity (Wildman–Crippen MR) is 83.8 cm³/mol. The van der Waals surface area contributed by atoms with Crippen molar-refractivity contribution in [3.05, 3.63) is 64.6 Å². The SMILES string of the molecule is Nc1ccc(-c2ccc(Cl)c3ccccc23)cc1Cl. The maximum atomic E-state index is 6.23. The van der Waals surface area contributed by atoms with Crippen LogP contribution in [0.5, 0.6) is 0 Å². The lowest BCUT2D eigenvalue weighted by Crippen LogP contribution is -1.87. The minimum Gasteiger partial charge on any atom is -0.398 e. The first-order valence-electron chi connectivity index (χ1n) is 5.89. The Hall–Kier alpha value is -1.70. The van der Waals surface area contributed by atoms with Gasteiger partial charge in [-0.15, -0.1) is 0 Å². The Balaban J connectivity index is 2.31. The number of hydrogen-bond acceptors (Lipinski definition) is 1. The van der Waals surface area contributed by atoms with Crippen LogP contribution in [0.2, 0.25) is 10.0 Å². The zero-order chi connectivity index (χ0) is 13.4. The fourth-order valence-electron chi connectivity index (χ4n) is 2.21. The first-order valence-corrected chi connectivity index (χ1v) is 6.65. The highest BCUT2D eigenvalue weighted by Crippen LogP contribution is 2.34. The molecule has 0 saturated carbocycles. The maximum Gasteiger partial charge on any atom is 0.0641 e. The lowest BCUT2D eigenvalue weighted by molar-refractivity contribution is 1.64. The monoisotopic (exact) mass is 287 g/mol. The van der Waals surface area contributed by atoms with E-state index in [1.807, 2.05) is 48.5 Å². The summed E-state index contributed by atoms with van der Waals surface area (Å²) in [4.78, 5) is 0. The number of anilines is 1. The topological polar surface area (TPSA) is 26.0 Å². The molecule has 0 aromatic heterocycles. The van der Waals surface area contributed by atoms with Crippen molar-refractivity contribution in [1.29, 1.82) is 0 Å². The Kier molecular flexibility index (Phi) is 3.09. The van der Waals surface area contributed by atoms with Gasteiger partial charge < -0.3 is 5.73 Å². The third-order valence-electron chi connectivity index (χ3n) is 3.18. The molecule has 3 aromatic rings. The summed E-state index contributed by atoms with van der Waals surface area (Å²) >= 11 is 12.3. The molecule has 0 heterocycles. The van der Waals surface area contributed by atoms with E-state index >= 15 is 0 Å². The molecule has 1 nitrogen and oxygen atoms in total. The van der Waals surface area contributed by atoms with Gasteiger partial charge in [0.05, 0.1) is 10.7 Å². The molecule has 0 bridgehead atoms. The second-order valence-corrected chi connectivity index (χ2v) is 5.19. The molecule has 0 aliphatic carbocycles. The van der Waals surface area contributed by atoms with E-state index in [0.29, 0.717) is 10.7 Å². The molecule has 2 N–H and O–H groups in total. The van der Waals surface area contributed by atoms with Crippen LogP contribution < -0.4 is 5.73 Å². The van der Waals surface area contributed by atoms with Gasteiger partial charge in [-0.3, -0.25) is 0 Å². The van der Waals surface area contributed by atoms with Gasteiger partial charge in [-0.2, -0.15) is 0 Å². The number of halogens is 2. The normalized spacial score (nSPS) is 10.8. The third-order valence-corrected chi connectivity index (χ3v) is 3.84. The van der Waals surface area contributed by atoms with Gasteiger partial charge >= 0.3 is 0 Å². The number of nitrogens with two attached hydrogens (primary N) is 1. The van der Waals surface area contributed by atoms with Gasteiger partial charge in [0.2, 0.25) is 0 Å². The minimum absolute atomic E-state index is 0.566. The highest BCUT2D eigenvalue weighted by molar-refractivity contribution is 6.36. The van der Waals surface area contributed by atoms with E-state index in [0.717, 1.165) is 26.9 Å². The average molecular weight is 288 g/mol. The number of benzene rings is 3. The lowest BCUT2D eigenvalue weighted by atomic mass is 9.98. The van der Waals surface area contributed by atoms with Crippen LogP contribution in [0.3, 0.4) is 0 Å². The molecular weight excluding hydrogens is 277 g/mol. The van der Waals surface area contributed by atoms with E-state index in [1.54, 1.807) is 0 Å². The van der Waals surface area contributed by atoms with Crippen molar-refractivity contribution < 1.29 is 0 Å². The molecule has 0 fully saturated rings. The smallest absolute Gasteiger partial charge is 0.0641 e. The molecule has 0 saturated heterocycles. The summed E-state index contributed by atoms with van der Waals surface area (Å²) < 4.78 is 0. The van der Waals surface area contributed by atoms with Crippen molar-refractivity contribution in [3.8, 4) is 11.1 Å². The Morgan fingerprint density at radius 1 is 0.737 bits per heavy atom. The second-order valence-electron chi connectivity index (χ2n) is 4.38. The molecule has 3 heteroatoms. The van der Waals surface area contributed by atoms with Gasteiger partial charge in [0, 0.05) is 10.4 Å². The summed E-state index contributed by atoms with van der Waals surface area (Å²) in [6.45, 7) is 0. The van der Waals surface area contributed by atoms with E-state index in [9.17, 15) is 0 Å². The van der Waals surface area contributed by atoms with Crippen LogP contribution in [-0.4, -0.2) is 0 Å². The Bertz CT molecular complexity index is 766. The van der Waals surface area contributed by atoms with Crippen molar-refractivity contribution >= 4 is 39.7 Å². The van der Waals surface area contributed by atoms with Crippen LogP contribution in [0, 0.1) is 0 Å². The van der Waals surface area contributed by atoms with E-state index in [1.165, 1.54) is 0 Å². The first kappa shape index (κ1) is 12.3. The van der Waals surface area contributed by atoms with E-state index < -0.39 is 0 Å². The highest BCUT2D eigenvalue weighted by Gasteiger charge is 2.07. The fraction of sp³-hybridized carbons (Fsp3) is 0. The van der Waals surface area contributed by atoms with Gasteiger partial charge in [0.25, 0.3) is 0 Å². The number of rotatable bonds is 1. The zero-order valence-electron chi connectivity index (χ0n) is 10.0. The van der Waals surface area contributed by atoms with E-state index in [4.69, 9.17) is 28.9 Å². The summed E-state index contributed by atoms with van der Waals surface area (Å²) in [7, 11) is 0. The molecule has 0 atom stereocenters. The minimum atomic E-state index is 0.566. The molecule has 0 unspecified atom stereocenters. The summed E-state index contributed by atoms with van der Waals surface area (Å²) in [5, 5.41) is 3.46. The van der Waals surface area contributed by atoms with Crippen molar-refractivity contribution in [1.82, 2.24) is 0 Å². The average Bonchev–Trinajstić information content (AvgIpc) is 2.43. The van der Waals surface area contributed by atoms with E-state index in [2.05, 4.69) is 6.07 Å². The molecule has 0 radical (unpaired) electrons. The fourth-order valence-corrected chi connectivity index (χ4v) is 2.62. The van der Waals surface area contributed by atoms with Crippen LogP contribution in [0.4, 0.5) is 5.69 Å². The Labute approximate surface area is 121 Å². The molecule has 0 amide bonds. The molecule has 0 spiro atoms. The van der Waals surface area contributed by atoms with Crippen molar-refractivity contribution in [3.63, 3.8) is 0 Å². The van der Waals surface area contributed by atoms with Gasteiger partial charge in [0.15, 0.2) is 0 Å². The van der Waals surface area contributed by atoms with Crippen molar-refractivity contribution in [2.24, 2.45) is 0 Å². The summed E-state index contributed by atoms with van der Waals surface area (Å²) in [5.74, 6) is 0. The van der Waals surface area contributed by atoms with Gasteiger partial charge in [0.1, 0.15) is 0 Å². The van der Waals surface area contributed by atoms with Crippen LogP contribution in [0.1, 0.15) is 0 Å². The lowest BCUT2D eigenvalue weighted by Gasteiger charge is -2.09. The Morgan fingerprint density at radius 2 is 1.47 bits per heavy atom. The maximum absolute atomic E-state index is 6.23. The molecule has 19 heavy (non-hydrogen) atoms. The summed E-state index contributed by atoms with van der Waals surface area (Å²) in [6, 6.07) is 17.6. The van der Waals surface area contributed by atoms with Crippen LogP contribution in [0.15, 0.2) is 54.6 Å². The standard InChI is InChI=1S/C16H11Cl2N/c17-14-7-6-11(12-3-1-2-4-13(12)14)10-5-8-16(19)15(18)9-10/h1-9H,19H2. The summed E-state index contributed by atoms with van der Waals surface area (Å²) in [5.41, 5.74) is 8.47. The van der Waals surface area contributed by atoms with Crippen LogP contribution in [-0.2, 0) is 0 Å². The van der Waals surface area contributed by atoms with E-state index in [-0.39, 0.29) is 0 Å². The third kappa shape index (κ3) is 2.16. The van der Waals surface area contributed by atoms with Crippen LogP contribution >= 0.6 is 23.2 Å². The first-order chi connectivity index (χ1) is 9.16. The van der Waals surface area contributed by atoms with Gasteiger partial charge in [-0.25, -0.2) is 0 Å². The number of hydrogen-bond donors (Lipinski definition) is 1. The molecule has 3 aromatic carbocycles. The van der Waals surface area contributed by atoms with Crippen molar-refractivity contribution in [2.45, 2.75) is 0 Å². The number of fused-ring (bicyclic) bond motifs is 1. The van der Waals surface area contributed by atoms with Crippen LogP contribution in [0.25, 0.3) is 21.9 Å². The predicted octanol–water partition coefficient (Wildman–Crippen LogP) is 5.40. The molecule has 3 rings (SSSR count). The van der Waals surface area contributed by atoms with Crippen molar-refractivity contribution in [2.75, 3.05) is 5.73 Å². The summed E-state index contributed by atoms with van der Waals surface area (Å²) in [6.07, 6.45) is 0.